The van der Waals surface area contributed by atoms with Crippen molar-refractivity contribution in [2.24, 2.45) is 0 Å². The van der Waals surface area contributed by atoms with Crippen molar-refractivity contribution >= 4 is 27.5 Å². The molecule has 0 atom stereocenters. The average molecular weight is 342 g/mol. The van der Waals surface area contributed by atoms with E-state index in [9.17, 15) is 0 Å². The summed E-state index contributed by atoms with van der Waals surface area (Å²) in [5.74, 6) is 0.777. The van der Waals surface area contributed by atoms with Crippen LogP contribution in [0.2, 0.25) is 0 Å². The highest BCUT2D eigenvalue weighted by atomic mass is 32.1. The maximum absolute atomic E-state index is 4.71. The van der Waals surface area contributed by atoms with E-state index in [4.69, 9.17) is 4.98 Å². The Balaban J connectivity index is 1.76. The zero-order chi connectivity index (χ0) is 16.8. The van der Waals surface area contributed by atoms with Gasteiger partial charge in [0.05, 0.1) is 17.2 Å². The van der Waals surface area contributed by atoms with Crippen LogP contribution in [0, 0.1) is 0 Å². The first kappa shape index (κ1) is 16.7. The van der Waals surface area contributed by atoms with E-state index in [1.54, 1.807) is 17.7 Å². The standard InChI is InChI=1S/C17H22N6S/c1-3-12-6-5-8-19-13(12)10-20-16-15-17(22-11-21-16)24-14(23-15)7-9-18-4-2/h5-6,8,11,18H,3-4,7,9-10H2,1-2H3,(H,20,21,22). The van der Waals surface area contributed by atoms with Gasteiger partial charge in [0, 0.05) is 19.2 Å². The van der Waals surface area contributed by atoms with Gasteiger partial charge in [-0.05, 0) is 24.6 Å². The second kappa shape index (κ2) is 8.12. The zero-order valence-electron chi connectivity index (χ0n) is 14.0. The van der Waals surface area contributed by atoms with Crippen molar-refractivity contribution in [1.82, 2.24) is 25.3 Å². The Kier molecular flexibility index (Phi) is 5.66. The smallest absolute Gasteiger partial charge is 0.157 e. The number of hydrogen-bond acceptors (Lipinski definition) is 7. The van der Waals surface area contributed by atoms with Crippen molar-refractivity contribution in [3.8, 4) is 0 Å². The quantitative estimate of drug-likeness (QED) is 0.613. The summed E-state index contributed by atoms with van der Waals surface area (Å²) >= 11 is 1.63. The van der Waals surface area contributed by atoms with Gasteiger partial charge in [-0.1, -0.05) is 31.3 Å². The van der Waals surface area contributed by atoms with E-state index in [1.807, 2.05) is 12.3 Å². The third kappa shape index (κ3) is 3.85. The number of likely N-dealkylation sites (N-methyl/N-ethyl adjacent to an activating group) is 1. The average Bonchev–Trinajstić information content (AvgIpc) is 3.04. The van der Waals surface area contributed by atoms with Crippen molar-refractivity contribution in [3.05, 3.63) is 40.9 Å². The molecule has 3 aromatic heterocycles. The number of nitrogens with one attached hydrogen (secondary N) is 2. The van der Waals surface area contributed by atoms with Crippen LogP contribution in [0.4, 0.5) is 5.82 Å². The third-order valence-electron chi connectivity index (χ3n) is 3.79. The Bertz CT molecular complexity index is 801. The molecule has 0 spiro atoms. The van der Waals surface area contributed by atoms with E-state index in [1.165, 1.54) is 5.56 Å². The molecule has 0 aromatic carbocycles. The summed E-state index contributed by atoms with van der Waals surface area (Å²) in [6.45, 7) is 6.79. The number of hydrogen-bond donors (Lipinski definition) is 2. The van der Waals surface area contributed by atoms with E-state index < -0.39 is 0 Å². The van der Waals surface area contributed by atoms with Crippen LogP contribution in [-0.2, 0) is 19.4 Å². The van der Waals surface area contributed by atoms with Crippen molar-refractivity contribution in [2.45, 2.75) is 33.2 Å². The number of nitrogens with zero attached hydrogens (tertiary/aromatic N) is 4. The van der Waals surface area contributed by atoms with Crippen LogP contribution < -0.4 is 10.6 Å². The first-order chi connectivity index (χ1) is 11.8. The number of aryl methyl sites for hydroxylation is 1. The Morgan fingerprint density at radius 1 is 1.17 bits per heavy atom. The van der Waals surface area contributed by atoms with Crippen molar-refractivity contribution < 1.29 is 0 Å². The fourth-order valence-corrected chi connectivity index (χ4v) is 3.43. The molecule has 7 heteroatoms. The SMILES string of the molecule is CCNCCc1nc2c(NCc3ncccc3CC)ncnc2s1. The van der Waals surface area contributed by atoms with Crippen molar-refractivity contribution in [3.63, 3.8) is 0 Å². The van der Waals surface area contributed by atoms with Gasteiger partial charge in [0.2, 0.25) is 0 Å². The topological polar surface area (TPSA) is 75.6 Å². The van der Waals surface area contributed by atoms with Gasteiger partial charge in [0.25, 0.3) is 0 Å². The van der Waals surface area contributed by atoms with Gasteiger partial charge >= 0.3 is 0 Å². The normalized spacial score (nSPS) is 11.1. The number of pyridine rings is 1. The summed E-state index contributed by atoms with van der Waals surface area (Å²) in [6, 6.07) is 4.09. The molecule has 0 aliphatic heterocycles. The van der Waals surface area contributed by atoms with Gasteiger partial charge in [-0.2, -0.15) is 0 Å². The maximum atomic E-state index is 4.71. The van der Waals surface area contributed by atoms with Gasteiger partial charge < -0.3 is 10.6 Å². The summed E-state index contributed by atoms with van der Waals surface area (Å²) in [6.07, 6.45) is 5.30. The summed E-state index contributed by atoms with van der Waals surface area (Å²) in [5, 5.41) is 7.78. The van der Waals surface area contributed by atoms with Crippen LogP contribution in [0.1, 0.15) is 30.1 Å². The lowest BCUT2D eigenvalue weighted by atomic mass is 10.1. The molecule has 24 heavy (non-hydrogen) atoms. The molecule has 0 unspecified atom stereocenters. The number of rotatable bonds is 8. The van der Waals surface area contributed by atoms with E-state index in [0.717, 1.165) is 52.8 Å². The maximum Gasteiger partial charge on any atom is 0.157 e. The zero-order valence-corrected chi connectivity index (χ0v) is 14.9. The molecule has 3 heterocycles. The summed E-state index contributed by atoms with van der Waals surface area (Å²) in [4.78, 5) is 18.8. The second-order valence-electron chi connectivity index (χ2n) is 5.40. The van der Waals surface area contributed by atoms with Crippen LogP contribution in [0.3, 0.4) is 0 Å². The Hall–Kier alpha value is -2.12. The highest BCUT2D eigenvalue weighted by molar-refractivity contribution is 7.18. The van der Waals surface area contributed by atoms with Gasteiger partial charge in [-0.15, -0.1) is 0 Å². The summed E-state index contributed by atoms with van der Waals surface area (Å²) in [5.41, 5.74) is 3.15. The van der Waals surface area contributed by atoms with Crippen LogP contribution >= 0.6 is 11.3 Å². The number of fused-ring (bicyclic) bond motifs is 1. The highest BCUT2D eigenvalue weighted by Gasteiger charge is 2.11. The molecule has 3 rings (SSSR count). The van der Waals surface area contributed by atoms with E-state index in [2.05, 4.69) is 45.5 Å². The fourth-order valence-electron chi connectivity index (χ4n) is 2.53. The second-order valence-corrected chi connectivity index (χ2v) is 6.47. The first-order valence-corrected chi connectivity index (χ1v) is 9.11. The fraction of sp³-hybridized carbons (Fsp3) is 0.412. The number of anilines is 1. The lowest BCUT2D eigenvalue weighted by molar-refractivity contribution is 0.715. The predicted molar refractivity (Wildman–Crippen MR) is 98.4 cm³/mol. The van der Waals surface area contributed by atoms with Gasteiger partial charge in [0.15, 0.2) is 5.82 Å². The third-order valence-corrected chi connectivity index (χ3v) is 4.82. The largest absolute Gasteiger partial charge is 0.362 e. The van der Waals surface area contributed by atoms with Crippen LogP contribution in [-0.4, -0.2) is 33.0 Å². The molecule has 0 saturated heterocycles. The molecule has 3 aromatic rings. The molecular weight excluding hydrogens is 320 g/mol. The molecule has 0 fully saturated rings. The predicted octanol–water partition coefficient (Wildman–Crippen LogP) is 2.81. The van der Waals surface area contributed by atoms with Gasteiger partial charge in [-0.25, -0.2) is 15.0 Å². The summed E-state index contributed by atoms with van der Waals surface area (Å²) < 4.78 is 0. The molecule has 2 N–H and O–H groups in total. The molecule has 0 amide bonds. The Morgan fingerprint density at radius 2 is 2.08 bits per heavy atom. The molecule has 0 aliphatic rings. The van der Waals surface area contributed by atoms with E-state index in [0.29, 0.717) is 6.54 Å². The monoisotopic (exact) mass is 342 g/mol. The van der Waals surface area contributed by atoms with E-state index >= 15 is 0 Å². The molecule has 6 nitrogen and oxygen atoms in total. The Morgan fingerprint density at radius 3 is 2.92 bits per heavy atom. The minimum atomic E-state index is 0.639. The molecule has 126 valence electrons. The lowest BCUT2D eigenvalue weighted by Crippen LogP contribution is -2.15. The lowest BCUT2D eigenvalue weighted by Gasteiger charge is -2.08. The van der Waals surface area contributed by atoms with E-state index in [-0.39, 0.29) is 0 Å². The first-order valence-electron chi connectivity index (χ1n) is 8.29. The molecule has 0 aliphatic carbocycles. The van der Waals surface area contributed by atoms with Crippen LogP contribution in [0.5, 0.6) is 0 Å². The minimum Gasteiger partial charge on any atom is -0.362 e. The number of aromatic nitrogens is 4. The van der Waals surface area contributed by atoms with Crippen molar-refractivity contribution in [2.75, 3.05) is 18.4 Å². The van der Waals surface area contributed by atoms with Gasteiger partial charge in [-0.3, -0.25) is 4.98 Å². The van der Waals surface area contributed by atoms with Gasteiger partial charge in [0.1, 0.15) is 16.7 Å². The number of thiazole rings is 1. The molecular formula is C17H22N6S. The minimum absolute atomic E-state index is 0.639. The Labute approximate surface area is 145 Å². The summed E-state index contributed by atoms with van der Waals surface area (Å²) in [7, 11) is 0. The molecule has 0 saturated carbocycles. The molecule has 0 radical (unpaired) electrons. The van der Waals surface area contributed by atoms with Crippen LogP contribution in [0.15, 0.2) is 24.7 Å². The highest BCUT2D eigenvalue weighted by Crippen LogP contribution is 2.25. The van der Waals surface area contributed by atoms with Crippen molar-refractivity contribution in [1.29, 1.82) is 0 Å². The molecule has 0 bridgehead atoms. The van der Waals surface area contributed by atoms with Crippen LogP contribution in [0.25, 0.3) is 10.3 Å².